The van der Waals surface area contributed by atoms with E-state index in [1.807, 2.05) is 0 Å². The van der Waals surface area contributed by atoms with E-state index in [2.05, 4.69) is 15.7 Å². The van der Waals surface area contributed by atoms with E-state index in [4.69, 9.17) is 14.2 Å². The van der Waals surface area contributed by atoms with Gasteiger partial charge < -0.3 is 24.8 Å². The highest BCUT2D eigenvalue weighted by Crippen LogP contribution is 2.31. The maximum atomic E-state index is 13.6. The predicted molar refractivity (Wildman–Crippen MR) is 140 cm³/mol. The van der Waals surface area contributed by atoms with Crippen molar-refractivity contribution in [3.63, 3.8) is 0 Å². The summed E-state index contributed by atoms with van der Waals surface area (Å²) >= 11 is 0. The van der Waals surface area contributed by atoms with E-state index in [1.165, 1.54) is 10.9 Å². The smallest absolute Gasteiger partial charge is 0.299 e. The minimum atomic E-state index is -0.416. The van der Waals surface area contributed by atoms with Crippen molar-refractivity contribution in [2.24, 2.45) is 0 Å². The Labute approximate surface area is 213 Å². The molecule has 9 heteroatoms. The molecule has 0 aliphatic heterocycles. The molecule has 0 unspecified atom stereocenters. The Morgan fingerprint density at radius 3 is 2.30 bits per heavy atom. The second kappa shape index (κ2) is 10.4. The van der Waals surface area contributed by atoms with Crippen LogP contribution in [0.15, 0.2) is 83.8 Å². The Morgan fingerprint density at radius 2 is 1.62 bits per heavy atom. The molecule has 0 saturated heterocycles. The Hall–Kier alpha value is -4.79. The summed E-state index contributed by atoms with van der Waals surface area (Å²) in [6, 6.07) is 21.2. The molecule has 1 saturated carbocycles. The van der Waals surface area contributed by atoms with Crippen LogP contribution in [0.25, 0.3) is 5.69 Å². The molecule has 1 heterocycles. The van der Waals surface area contributed by atoms with E-state index in [9.17, 15) is 9.59 Å². The summed E-state index contributed by atoms with van der Waals surface area (Å²) < 4.78 is 17.8. The summed E-state index contributed by atoms with van der Waals surface area (Å²) in [5.41, 5.74) is 1.50. The van der Waals surface area contributed by atoms with Crippen LogP contribution in [0.3, 0.4) is 0 Å². The molecule has 1 amide bonds. The highest BCUT2D eigenvalue weighted by Gasteiger charge is 2.23. The van der Waals surface area contributed by atoms with E-state index in [0.29, 0.717) is 34.2 Å². The number of hydrogen-bond acceptors (Lipinski definition) is 7. The normalized spacial score (nSPS) is 12.5. The minimum absolute atomic E-state index is 0.109. The van der Waals surface area contributed by atoms with Crippen molar-refractivity contribution < 1.29 is 19.0 Å². The van der Waals surface area contributed by atoms with E-state index in [1.54, 1.807) is 87.0 Å². The topological polar surface area (TPSA) is 104 Å². The minimum Gasteiger partial charge on any atom is -0.497 e. The molecule has 1 aliphatic carbocycles. The second-order valence-electron chi connectivity index (χ2n) is 8.53. The number of methoxy groups -OCH3 is 2. The SMILES string of the molecule is COc1ccc(-n2ncc(Oc3cccc(OC)c3)c(Nc3ccc(C(=O)NC4CC4)cc3)c2=O)cc1. The molecule has 188 valence electrons. The summed E-state index contributed by atoms with van der Waals surface area (Å²) in [5, 5.41) is 10.5. The quantitative estimate of drug-likeness (QED) is 0.345. The molecule has 3 aromatic carbocycles. The van der Waals surface area contributed by atoms with Gasteiger partial charge in [0.25, 0.3) is 11.5 Å². The average Bonchev–Trinajstić information content (AvgIpc) is 3.75. The van der Waals surface area contributed by atoms with Gasteiger partial charge in [-0.1, -0.05) is 6.07 Å². The lowest BCUT2D eigenvalue weighted by Gasteiger charge is -2.15. The highest BCUT2D eigenvalue weighted by atomic mass is 16.5. The second-order valence-corrected chi connectivity index (χ2v) is 8.53. The van der Waals surface area contributed by atoms with Crippen molar-refractivity contribution in [1.82, 2.24) is 15.1 Å². The van der Waals surface area contributed by atoms with Crippen LogP contribution in [0.2, 0.25) is 0 Å². The largest absolute Gasteiger partial charge is 0.497 e. The van der Waals surface area contributed by atoms with Crippen molar-refractivity contribution in [1.29, 1.82) is 0 Å². The summed E-state index contributed by atoms with van der Waals surface area (Å²) in [6.45, 7) is 0. The van der Waals surface area contributed by atoms with Gasteiger partial charge in [-0.25, -0.2) is 0 Å². The lowest BCUT2D eigenvalue weighted by molar-refractivity contribution is 0.0951. The molecule has 4 aromatic rings. The summed E-state index contributed by atoms with van der Waals surface area (Å²) in [5.74, 6) is 1.89. The van der Waals surface area contributed by atoms with Crippen molar-refractivity contribution in [3.05, 3.63) is 94.9 Å². The first kappa shape index (κ1) is 23.9. The molecular formula is C28H26N4O5. The van der Waals surface area contributed by atoms with E-state index in [0.717, 1.165) is 12.8 Å². The van der Waals surface area contributed by atoms with Crippen molar-refractivity contribution in [2.45, 2.75) is 18.9 Å². The van der Waals surface area contributed by atoms with Gasteiger partial charge in [0.05, 0.1) is 26.1 Å². The highest BCUT2D eigenvalue weighted by molar-refractivity contribution is 5.95. The fourth-order valence-corrected chi connectivity index (χ4v) is 3.68. The third-order valence-corrected chi connectivity index (χ3v) is 5.86. The standard InChI is InChI=1S/C28H26N4O5/c1-35-22-14-12-21(13-15-22)32-28(34)26(25(17-29-32)37-24-5-3-4-23(16-24)36-2)30-19-8-6-18(7-9-19)27(33)31-20-10-11-20/h3-9,12-17,20,30H,10-11H2,1-2H3,(H,31,33). The third kappa shape index (κ3) is 5.56. The van der Waals surface area contributed by atoms with Gasteiger partial charge in [0.2, 0.25) is 0 Å². The fraction of sp³-hybridized carbons (Fsp3) is 0.179. The zero-order valence-electron chi connectivity index (χ0n) is 20.4. The third-order valence-electron chi connectivity index (χ3n) is 5.86. The van der Waals surface area contributed by atoms with Gasteiger partial charge in [-0.15, -0.1) is 0 Å². The molecule has 0 bridgehead atoms. The Kier molecular flexibility index (Phi) is 6.76. The first-order chi connectivity index (χ1) is 18.0. The van der Waals surface area contributed by atoms with Crippen molar-refractivity contribution >= 4 is 17.3 Å². The molecule has 0 atom stereocenters. The van der Waals surface area contributed by atoms with Crippen LogP contribution >= 0.6 is 0 Å². The average molecular weight is 499 g/mol. The van der Waals surface area contributed by atoms with E-state index >= 15 is 0 Å². The maximum absolute atomic E-state index is 13.6. The number of anilines is 2. The number of benzene rings is 3. The molecule has 5 rings (SSSR count). The van der Waals surface area contributed by atoms with Crippen LogP contribution < -0.4 is 30.4 Å². The molecule has 1 aromatic heterocycles. The van der Waals surface area contributed by atoms with Gasteiger partial charge in [-0.3, -0.25) is 9.59 Å². The number of amides is 1. The van der Waals surface area contributed by atoms with Crippen LogP contribution in [0.4, 0.5) is 11.4 Å². The van der Waals surface area contributed by atoms with Gasteiger partial charge >= 0.3 is 0 Å². The molecule has 0 radical (unpaired) electrons. The number of carbonyl (C=O) groups is 1. The molecular weight excluding hydrogens is 472 g/mol. The first-order valence-electron chi connectivity index (χ1n) is 11.8. The lowest BCUT2D eigenvalue weighted by atomic mass is 10.2. The van der Waals surface area contributed by atoms with Crippen molar-refractivity contribution in [3.8, 4) is 28.7 Å². The van der Waals surface area contributed by atoms with Crippen LogP contribution in [-0.4, -0.2) is 35.9 Å². The molecule has 2 N–H and O–H groups in total. The van der Waals surface area contributed by atoms with Crippen LogP contribution in [-0.2, 0) is 0 Å². The Bertz CT molecular complexity index is 1460. The zero-order valence-corrected chi connectivity index (χ0v) is 20.4. The molecule has 9 nitrogen and oxygen atoms in total. The molecule has 37 heavy (non-hydrogen) atoms. The van der Waals surface area contributed by atoms with E-state index in [-0.39, 0.29) is 23.4 Å². The monoisotopic (exact) mass is 498 g/mol. The Morgan fingerprint density at radius 1 is 0.919 bits per heavy atom. The van der Waals surface area contributed by atoms with Crippen LogP contribution in [0, 0.1) is 0 Å². The number of rotatable bonds is 9. The van der Waals surface area contributed by atoms with Gasteiger partial charge in [0, 0.05) is 23.4 Å². The van der Waals surface area contributed by atoms with Gasteiger partial charge in [-0.05, 0) is 73.5 Å². The summed E-state index contributed by atoms with van der Waals surface area (Å²) in [7, 11) is 3.14. The number of aromatic nitrogens is 2. The predicted octanol–water partition coefficient (Wildman–Crippen LogP) is 4.68. The Balaban J connectivity index is 1.49. The van der Waals surface area contributed by atoms with Crippen molar-refractivity contribution in [2.75, 3.05) is 19.5 Å². The maximum Gasteiger partial charge on any atom is 0.299 e. The van der Waals surface area contributed by atoms with Crippen LogP contribution in [0.5, 0.6) is 23.0 Å². The number of nitrogens with zero attached hydrogens (tertiary/aromatic N) is 2. The van der Waals surface area contributed by atoms with Gasteiger partial charge in [0.1, 0.15) is 17.2 Å². The summed E-state index contributed by atoms with van der Waals surface area (Å²) in [4.78, 5) is 25.9. The molecule has 1 aliphatic rings. The zero-order chi connectivity index (χ0) is 25.8. The molecule has 0 spiro atoms. The number of hydrogen-bond donors (Lipinski definition) is 2. The molecule has 1 fully saturated rings. The summed E-state index contributed by atoms with van der Waals surface area (Å²) in [6.07, 6.45) is 3.51. The van der Waals surface area contributed by atoms with Gasteiger partial charge in [0.15, 0.2) is 11.4 Å². The van der Waals surface area contributed by atoms with E-state index < -0.39 is 5.56 Å². The van der Waals surface area contributed by atoms with Gasteiger partial charge in [-0.2, -0.15) is 9.78 Å². The van der Waals surface area contributed by atoms with Crippen LogP contribution in [0.1, 0.15) is 23.2 Å². The first-order valence-corrected chi connectivity index (χ1v) is 11.8. The number of nitrogens with one attached hydrogen (secondary N) is 2. The fourth-order valence-electron chi connectivity index (χ4n) is 3.68. The number of ether oxygens (including phenoxy) is 3. The lowest BCUT2D eigenvalue weighted by Crippen LogP contribution is -2.25. The number of carbonyl (C=O) groups excluding carboxylic acids is 1.